The van der Waals surface area contributed by atoms with Gasteiger partial charge in [0.05, 0.1) is 6.10 Å². The number of hydrogen-bond donors (Lipinski definition) is 2. The molecule has 0 saturated carbocycles. The summed E-state index contributed by atoms with van der Waals surface area (Å²) in [6.45, 7) is 2.18. The number of aliphatic hydroxyl groups excluding tert-OH is 1. The highest BCUT2D eigenvalue weighted by Crippen LogP contribution is 2.37. The van der Waals surface area contributed by atoms with Gasteiger partial charge in [0.1, 0.15) is 0 Å². The van der Waals surface area contributed by atoms with Gasteiger partial charge < -0.3 is 10.4 Å². The van der Waals surface area contributed by atoms with Crippen molar-refractivity contribution in [2.75, 3.05) is 0 Å². The lowest BCUT2D eigenvalue weighted by atomic mass is 9.79. The number of rotatable bonds is 2. The maximum absolute atomic E-state index is 10.3. The van der Waals surface area contributed by atoms with E-state index in [1.54, 1.807) is 0 Å². The molecule has 1 heterocycles. The molecule has 0 unspecified atom stereocenters. The maximum Gasteiger partial charge on any atom is 0.0579 e. The second kappa shape index (κ2) is 5.39. The summed E-state index contributed by atoms with van der Waals surface area (Å²) in [5.41, 5.74) is 2.30. The first-order valence-electron chi connectivity index (χ1n) is 7.24. The van der Waals surface area contributed by atoms with Crippen molar-refractivity contribution in [3.05, 3.63) is 71.8 Å². The molecular weight excluding hydrogens is 246 g/mol. The molecule has 1 fully saturated rings. The molecule has 1 aliphatic heterocycles. The molecule has 1 saturated heterocycles. The molecule has 104 valence electrons. The van der Waals surface area contributed by atoms with Gasteiger partial charge in [-0.25, -0.2) is 0 Å². The highest BCUT2D eigenvalue weighted by atomic mass is 16.3. The summed E-state index contributed by atoms with van der Waals surface area (Å²) in [4.78, 5) is 0. The van der Waals surface area contributed by atoms with Gasteiger partial charge in [-0.2, -0.15) is 0 Å². The van der Waals surface area contributed by atoms with Crippen LogP contribution in [0.1, 0.15) is 36.9 Å². The molecule has 2 N–H and O–H groups in total. The minimum atomic E-state index is -0.272. The molecule has 3 rings (SSSR count). The van der Waals surface area contributed by atoms with E-state index in [9.17, 15) is 5.11 Å². The number of aliphatic hydroxyl groups is 1. The summed E-state index contributed by atoms with van der Waals surface area (Å²) in [6, 6.07) is 21.0. The fourth-order valence-electron chi connectivity index (χ4n) is 3.24. The zero-order valence-electron chi connectivity index (χ0n) is 11.8. The van der Waals surface area contributed by atoms with Gasteiger partial charge in [-0.15, -0.1) is 0 Å². The van der Waals surface area contributed by atoms with Gasteiger partial charge in [0.15, 0.2) is 0 Å². The Balaban J connectivity index is 1.90. The van der Waals surface area contributed by atoms with Crippen molar-refractivity contribution in [2.45, 2.75) is 37.5 Å². The topological polar surface area (TPSA) is 32.3 Å². The molecule has 2 heteroatoms. The number of hydrogen-bond acceptors (Lipinski definition) is 2. The van der Waals surface area contributed by atoms with Crippen LogP contribution in [0.2, 0.25) is 0 Å². The minimum absolute atomic E-state index is 0.181. The van der Waals surface area contributed by atoms with E-state index in [4.69, 9.17) is 0 Å². The highest BCUT2D eigenvalue weighted by molar-refractivity contribution is 5.28. The third-order valence-corrected chi connectivity index (χ3v) is 4.26. The second-order valence-corrected chi connectivity index (χ2v) is 5.90. The average Bonchev–Trinajstić information content (AvgIpc) is 2.48. The predicted molar refractivity (Wildman–Crippen MR) is 81.4 cm³/mol. The fraction of sp³-hybridized carbons (Fsp3) is 0.333. The number of nitrogens with one attached hydrogen (secondary N) is 1. The standard InChI is InChI=1S/C18H21NO/c1-18(15-10-6-3-7-11-15)13-16(20)12-17(19-18)14-8-4-2-5-9-14/h2-11,16-17,19-20H,12-13H2,1H3/t16-,17-,18+/m1/s1. The van der Waals surface area contributed by atoms with Gasteiger partial charge in [-0.3, -0.25) is 0 Å². The molecule has 0 aliphatic carbocycles. The van der Waals surface area contributed by atoms with E-state index >= 15 is 0 Å². The van der Waals surface area contributed by atoms with E-state index in [-0.39, 0.29) is 17.7 Å². The molecule has 2 aromatic carbocycles. The van der Waals surface area contributed by atoms with Crippen LogP contribution in [-0.2, 0) is 5.54 Å². The van der Waals surface area contributed by atoms with Crippen LogP contribution in [0.15, 0.2) is 60.7 Å². The molecule has 2 nitrogen and oxygen atoms in total. The van der Waals surface area contributed by atoms with Crippen LogP contribution in [0.4, 0.5) is 0 Å². The predicted octanol–water partition coefficient (Wildman–Crippen LogP) is 3.39. The Morgan fingerprint density at radius 2 is 1.60 bits per heavy atom. The van der Waals surface area contributed by atoms with Crippen LogP contribution < -0.4 is 5.32 Å². The molecule has 20 heavy (non-hydrogen) atoms. The van der Waals surface area contributed by atoms with Crippen molar-refractivity contribution in [1.82, 2.24) is 5.32 Å². The SMILES string of the molecule is C[C@@]1(c2ccccc2)C[C@H](O)C[C@H](c2ccccc2)N1. The zero-order chi connectivity index (χ0) is 14.0. The quantitative estimate of drug-likeness (QED) is 0.874. The summed E-state index contributed by atoms with van der Waals surface area (Å²) in [7, 11) is 0. The highest BCUT2D eigenvalue weighted by Gasteiger charge is 2.37. The molecule has 0 amide bonds. The zero-order valence-corrected chi connectivity index (χ0v) is 11.8. The van der Waals surface area contributed by atoms with Crippen LogP contribution in [-0.4, -0.2) is 11.2 Å². The third kappa shape index (κ3) is 2.62. The van der Waals surface area contributed by atoms with Crippen LogP contribution in [0.5, 0.6) is 0 Å². The van der Waals surface area contributed by atoms with Gasteiger partial charge in [0.2, 0.25) is 0 Å². The number of piperidine rings is 1. The maximum atomic E-state index is 10.3. The summed E-state index contributed by atoms with van der Waals surface area (Å²) in [5, 5.41) is 14.0. The summed E-state index contributed by atoms with van der Waals surface area (Å²) in [6.07, 6.45) is 1.25. The molecule has 3 atom stereocenters. The van der Waals surface area contributed by atoms with E-state index in [1.165, 1.54) is 11.1 Å². The third-order valence-electron chi connectivity index (χ3n) is 4.26. The molecule has 0 aromatic heterocycles. The average molecular weight is 267 g/mol. The van der Waals surface area contributed by atoms with Crippen LogP contribution in [0.25, 0.3) is 0 Å². The Morgan fingerprint density at radius 3 is 2.25 bits per heavy atom. The van der Waals surface area contributed by atoms with Crippen molar-refractivity contribution in [1.29, 1.82) is 0 Å². The normalized spacial score (nSPS) is 30.1. The van der Waals surface area contributed by atoms with Crippen molar-refractivity contribution in [2.24, 2.45) is 0 Å². The van der Waals surface area contributed by atoms with E-state index in [0.29, 0.717) is 0 Å². The van der Waals surface area contributed by atoms with Gasteiger partial charge in [0.25, 0.3) is 0 Å². The van der Waals surface area contributed by atoms with Crippen molar-refractivity contribution < 1.29 is 5.11 Å². The fourth-order valence-corrected chi connectivity index (χ4v) is 3.24. The van der Waals surface area contributed by atoms with E-state index in [2.05, 4.69) is 60.8 Å². The number of benzene rings is 2. The Bertz CT molecular complexity index is 554. The molecule has 0 radical (unpaired) electrons. The molecule has 0 spiro atoms. The van der Waals surface area contributed by atoms with Gasteiger partial charge >= 0.3 is 0 Å². The van der Waals surface area contributed by atoms with E-state index < -0.39 is 0 Å². The molecule has 0 bridgehead atoms. The first kappa shape index (κ1) is 13.3. The smallest absolute Gasteiger partial charge is 0.0579 e. The van der Waals surface area contributed by atoms with Crippen LogP contribution in [0.3, 0.4) is 0 Å². The Hall–Kier alpha value is -1.64. The lowest BCUT2D eigenvalue weighted by molar-refractivity contribution is 0.0583. The first-order chi connectivity index (χ1) is 9.67. The van der Waals surface area contributed by atoms with Gasteiger partial charge in [-0.1, -0.05) is 60.7 Å². The van der Waals surface area contributed by atoms with Crippen LogP contribution >= 0.6 is 0 Å². The molecule has 1 aliphatic rings. The monoisotopic (exact) mass is 267 g/mol. The lowest BCUT2D eigenvalue weighted by Crippen LogP contribution is -2.49. The Labute approximate surface area is 120 Å². The van der Waals surface area contributed by atoms with Gasteiger partial charge in [0, 0.05) is 11.6 Å². The summed E-state index contributed by atoms with van der Waals surface area (Å²) >= 11 is 0. The Morgan fingerprint density at radius 1 is 1.00 bits per heavy atom. The van der Waals surface area contributed by atoms with E-state index in [0.717, 1.165) is 12.8 Å². The first-order valence-corrected chi connectivity index (χ1v) is 7.24. The Kier molecular flexibility index (Phi) is 3.60. The van der Waals surface area contributed by atoms with Crippen molar-refractivity contribution in [3.63, 3.8) is 0 Å². The van der Waals surface area contributed by atoms with Crippen molar-refractivity contribution >= 4 is 0 Å². The van der Waals surface area contributed by atoms with Crippen molar-refractivity contribution in [3.8, 4) is 0 Å². The van der Waals surface area contributed by atoms with Gasteiger partial charge in [-0.05, 0) is 30.9 Å². The van der Waals surface area contributed by atoms with E-state index in [1.807, 2.05) is 12.1 Å². The minimum Gasteiger partial charge on any atom is -0.393 e. The summed E-state index contributed by atoms with van der Waals surface area (Å²) in [5.74, 6) is 0. The second-order valence-electron chi connectivity index (χ2n) is 5.90. The van der Waals surface area contributed by atoms with Crippen LogP contribution in [0, 0.1) is 0 Å². The lowest BCUT2D eigenvalue weighted by Gasteiger charge is -2.43. The molecular formula is C18H21NO. The molecule has 2 aromatic rings. The largest absolute Gasteiger partial charge is 0.393 e. The summed E-state index contributed by atoms with van der Waals surface area (Å²) < 4.78 is 0.